The second-order valence-electron chi connectivity index (χ2n) is 4.41. The van der Waals surface area contributed by atoms with E-state index in [2.05, 4.69) is 10.8 Å². The summed E-state index contributed by atoms with van der Waals surface area (Å²) in [7, 11) is 1.35. The molecule has 0 amide bonds. The number of fused-ring (bicyclic) bond motifs is 1. The van der Waals surface area contributed by atoms with Crippen molar-refractivity contribution in [1.82, 2.24) is 0 Å². The Kier molecular flexibility index (Phi) is 4.29. The standard InChI is InChI=1S/C16H16O3/c1-19-16(18)10-9-13-8-7-12-4-2-5-14(12)15(13)6-3-11-17/h3,6-11H,2,4-5H2,1H3/b6-3+,10-9+. The van der Waals surface area contributed by atoms with Gasteiger partial charge in [-0.1, -0.05) is 18.2 Å². The van der Waals surface area contributed by atoms with Crippen LogP contribution >= 0.6 is 0 Å². The molecule has 0 aromatic heterocycles. The number of rotatable bonds is 4. The Morgan fingerprint density at radius 2 is 2.11 bits per heavy atom. The number of hydrogen-bond acceptors (Lipinski definition) is 3. The van der Waals surface area contributed by atoms with Crippen LogP contribution in [0.15, 0.2) is 24.3 Å². The lowest BCUT2D eigenvalue weighted by Gasteiger charge is -2.08. The van der Waals surface area contributed by atoms with Crippen molar-refractivity contribution >= 4 is 24.4 Å². The van der Waals surface area contributed by atoms with Crippen LogP contribution < -0.4 is 0 Å². The number of benzene rings is 1. The number of esters is 1. The van der Waals surface area contributed by atoms with E-state index in [0.29, 0.717) is 0 Å². The average molecular weight is 256 g/mol. The predicted octanol–water partition coefficient (Wildman–Crippen LogP) is 2.57. The van der Waals surface area contributed by atoms with E-state index in [-0.39, 0.29) is 5.97 Å². The molecule has 1 aromatic carbocycles. The molecule has 0 saturated carbocycles. The van der Waals surface area contributed by atoms with Gasteiger partial charge in [0.05, 0.1) is 7.11 Å². The van der Waals surface area contributed by atoms with E-state index >= 15 is 0 Å². The highest BCUT2D eigenvalue weighted by Gasteiger charge is 2.15. The fourth-order valence-corrected chi connectivity index (χ4v) is 2.42. The molecule has 1 aliphatic rings. The summed E-state index contributed by atoms with van der Waals surface area (Å²) < 4.78 is 4.59. The van der Waals surface area contributed by atoms with Crippen LogP contribution in [0.1, 0.15) is 28.7 Å². The fourth-order valence-electron chi connectivity index (χ4n) is 2.42. The minimum atomic E-state index is -0.384. The summed E-state index contributed by atoms with van der Waals surface area (Å²) in [6.07, 6.45) is 10.4. The van der Waals surface area contributed by atoms with Crippen molar-refractivity contribution < 1.29 is 14.3 Å². The second-order valence-corrected chi connectivity index (χ2v) is 4.41. The zero-order valence-corrected chi connectivity index (χ0v) is 10.9. The molecular weight excluding hydrogens is 240 g/mol. The van der Waals surface area contributed by atoms with E-state index in [0.717, 1.165) is 36.7 Å². The molecule has 0 heterocycles. The number of carbonyl (C=O) groups is 2. The van der Waals surface area contributed by atoms with Gasteiger partial charge >= 0.3 is 5.97 Å². The highest BCUT2D eigenvalue weighted by atomic mass is 16.5. The van der Waals surface area contributed by atoms with Crippen molar-refractivity contribution in [3.8, 4) is 0 Å². The molecule has 3 nitrogen and oxygen atoms in total. The van der Waals surface area contributed by atoms with Crippen molar-refractivity contribution in [1.29, 1.82) is 0 Å². The van der Waals surface area contributed by atoms with Crippen molar-refractivity contribution in [3.05, 3.63) is 46.5 Å². The lowest BCUT2D eigenvalue weighted by molar-refractivity contribution is -0.134. The maximum atomic E-state index is 11.2. The number of aldehydes is 1. The van der Waals surface area contributed by atoms with Crippen molar-refractivity contribution in [2.45, 2.75) is 19.3 Å². The minimum absolute atomic E-state index is 0.384. The number of aryl methyl sites for hydroxylation is 1. The van der Waals surface area contributed by atoms with Gasteiger partial charge in [0.15, 0.2) is 0 Å². The van der Waals surface area contributed by atoms with Gasteiger partial charge < -0.3 is 4.74 Å². The Morgan fingerprint density at radius 1 is 1.26 bits per heavy atom. The van der Waals surface area contributed by atoms with E-state index < -0.39 is 0 Å². The van der Waals surface area contributed by atoms with Gasteiger partial charge in [-0.2, -0.15) is 0 Å². The first-order valence-corrected chi connectivity index (χ1v) is 6.29. The Balaban J connectivity index is 2.42. The van der Waals surface area contributed by atoms with Gasteiger partial charge in [-0.3, -0.25) is 4.79 Å². The van der Waals surface area contributed by atoms with Crippen molar-refractivity contribution in [3.63, 3.8) is 0 Å². The highest BCUT2D eigenvalue weighted by molar-refractivity contribution is 5.88. The van der Waals surface area contributed by atoms with Crippen LogP contribution in [-0.4, -0.2) is 19.4 Å². The van der Waals surface area contributed by atoms with Crippen molar-refractivity contribution in [2.75, 3.05) is 7.11 Å². The summed E-state index contributed by atoms with van der Waals surface area (Å²) >= 11 is 0. The van der Waals surface area contributed by atoms with Crippen LogP contribution in [0.3, 0.4) is 0 Å². The number of carbonyl (C=O) groups excluding carboxylic acids is 2. The van der Waals surface area contributed by atoms with E-state index in [1.165, 1.54) is 30.4 Å². The van der Waals surface area contributed by atoms with Gasteiger partial charge in [-0.15, -0.1) is 0 Å². The van der Waals surface area contributed by atoms with Gasteiger partial charge in [-0.25, -0.2) is 4.79 Å². The molecule has 0 bridgehead atoms. The summed E-state index contributed by atoms with van der Waals surface area (Å²) in [4.78, 5) is 21.7. The molecule has 0 saturated heterocycles. The van der Waals surface area contributed by atoms with Gasteiger partial charge in [0, 0.05) is 6.08 Å². The summed E-state index contributed by atoms with van der Waals surface area (Å²) in [5.41, 5.74) is 4.58. The van der Waals surface area contributed by atoms with E-state index in [4.69, 9.17) is 0 Å². The summed E-state index contributed by atoms with van der Waals surface area (Å²) in [6, 6.07) is 4.08. The number of methoxy groups -OCH3 is 1. The first-order chi connectivity index (χ1) is 9.26. The molecule has 0 radical (unpaired) electrons. The van der Waals surface area contributed by atoms with Crippen LogP contribution in [0.5, 0.6) is 0 Å². The van der Waals surface area contributed by atoms with E-state index in [9.17, 15) is 9.59 Å². The maximum Gasteiger partial charge on any atom is 0.330 e. The molecular formula is C16H16O3. The van der Waals surface area contributed by atoms with E-state index in [1.54, 1.807) is 6.08 Å². The highest BCUT2D eigenvalue weighted by Crippen LogP contribution is 2.29. The third-order valence-electron chi connectivity index (χ3n) is 3.30. The predicted molar refractivity (Wildman–Crippen MR) is 74.6 cm³/mol. The summed E-state index contributed by atoms with van der Waals surface area (Å²) in [6.45, 7) is 0. The van der Waals surface area contributed by atoms with Gasteiger partial charge in [0.2, 0.25) is 0 Å². The number of ether oxygens (including phenoxy) is 1. The Bertz CT molecular complexity index is 553. The lowest BCUT2D eigenvalue weighted by Crippen LogP contribution is -1.95. The summed E-state index contributed by atoms with van der Waals surface area (Å²) in [5.74, 6) is -0.384. The normalized spacial score (nSPS) is 13.9. The second kappa shape index (κ2) is 6.14. The molecule has 19 heavy (non-hydrogen) atoms. The molecule has 0 atom stereocenters. The van der Waals surface area contributed by atoms with Crippen LogP contribution in [0, 0.1) is 0 Å². The first kappa shape index (κ1) is 13.3. The molecule has 0 N–H and O–H groups in total. The van der Waals surface area contributed by atoms with Gasteiger partial charge in [-0.05, 0) is 53.7 Å². The lowest BCUT2D eigenvalue weighted by atomic mass is 9.97. The molecule has 98 valence electrons. The zero-order chi connectivity index (χ0) is 13.7. The Hall–Kier alpha value is -2.16. The third kappa shape index (κ3) is 2.99. The quantitative estimate of drug-likeness (QED) is 0.472. The molecule has 1 aromatic rings. The van der Waals surface area contributed by atoms with Crippen LogP contribution in [0.4, 0.5) is 0 Å². The smallest absolute Gasteiger partial charge is 0.330 e. The van der Waals surface area contributed by atoms with Crippen molar-refractivity contribution in [2.24, 2.45) is 0 Å². The molecule has 0 fully saturated rings. The first-order valence-electron chi connectivity index (χ1n) is 6.29. The maximum absolute atomic E-state index is 11.2. The zero-order valence-electron chi connectivity index (χ0n) is 10.9. The van der Waals surface area contributed by atoms with Gasteiger partial charge in [0.1, 0.15) is 6.29 Å². The number of hydrogen-bond donors (Lipinski definition) is 0. The molecule has 0 unspecified atom stereocenters. The van der Waals surface area contributed by atoms with Crippen LogP contribution in [0.2, 0.25) is 0 Å². The molecule has 1 aliphatic carbocycles. The monoisotopic (exact) mass is 256 g/mol. The summed E-state index contributed by atoms with van der Waals surface area (Å²) in [5, 5.41) is 0. The van der Waals surface area contributed by atoms with Crippen LogP contribution in [-0.2, 0) is 27.2 Å². The SMILES string of the molecule is COC(=O)/C=C/c1ccc2c(c1/C=C/C=O)CCC2. The largest absolute Gasteiger partial charge is 0.466 e. The minimum Gasteiger partial charge on any atom is -0.466 e. The molecule has 0 aliphatic heterocycles. The van der Waals surface area contributed by atoms with Gasteiger partial charge in [0.25, 0.3) is 0 Å². The van der Waals surface area contributed by atoms with Crippen LogP contribution in [0.25, 0.3) is 12.2 Å². The average Bonchev–Trinajstić information content (AvgIpc) is 2.91. The Labute approximate surface area is 112 Å². The Morgan fingerprint density at radius 3 is 2.84 bits per heavy atom. The molecule has 3 heteroatoms. The fraction of sp³-hybridized carbons (Fsp3) is 0.250. The van der Waals surface area contributed by atoms with E-state index in [1.807, 2.05) is 12.1 Å². The molecule has 0 spiro atoms. The number of allylic oxidation sites excluding steroid dienone is 1. The third-order valence-corrected chi connectivity index (χ3v) is 3.30. The molecule has 2 rings (SSSR count). The topological polar surface area (TPSA) is 43.4 Å².